The van der Waals surface area contributed by atoms with E-state index in [1.807, 2.05) is 12.1 Å². The zero-order valence-corrected chi connectivity index (χ0v) is 15.5. The van der Waals surface area contributed by atoms with Gasteiger partial charge < -0.3 is 10.1 Å². The molecule has 1 aliphatic carbocycles. The zero-order valence-electron chi connectivity index (χ0n) is 15.5. The van der Waals surface area contributed by atoms with Crippen molar-refractivity contribution in [2.24, 2.45) is 0 Å². The van der Waals surface area contributed by atoms with Crippen LogP contribution < -0.4 is 10.1 Å². The highest BCUT2D eigenvalue weighted by Gasteiger charge is 2.59. The third kappa shape index (κ3) is 2.36. The standard InChI is InChI=1S/C23H24N2O2/c1-27-18-9-6-16(7-10-18)14-25-13-12-23-19-4-2-3-5-20(19)24-22(23)17(15-26)8-11-21(23)25/h2-10,15,21-22,24H,11-14H2,1H3/t21-,22-,23+/m0/s1. The summed E-state index contributed by atoms with van der Waals surface area (Å²) in [5, 5.41) is 3.66. The molecule has 4 nitrogen and oxygen atoms in total. The molecule has 0 unspecified atom stereocenters. The molecule has 4 heteroatoms. The van der Waals surface area contributed by atoms with Crippen molar-refractivity contribution < 1.29 is 9.53 Å². The Kier molecular flexibility index (Phi) is 3.83. The van der Waals surface area contributed by atoms with Crippen LogP contribution in [0.15, 0.2) is 60.2 Å². The van der Waals surface area contributed by atoms with Crippen LogP contribution in [-0.4, -0.2) is 36.9 Å². The van der Waals surface area contributed by atoms with Crippen LogP contribution in [0.2, 0.25) is 0 Å². The summed E-state index contributed by atoms with van der Waals surface area (Å²) in [7, 11) is 1.70. The number of rotatable bonds is 4. The number of fused-ring (bicyclic) bond motifs is 1. The summed E-state index contributed by atoms with van der Waals surface area (Å²) in [4.78, 5) is 14.3. The molecule has 0 saturated carbocycles. The number of methoxy groups -OCH3 is 1. The lowest BCUT2D eigenvalue weighted by Crippen LogP contribution is -2.52. The number of benzene rings is 2. The maximum absolute atomic E-state index is 11.7. The Morgan fingerprint density at radius 2 is 2.04 bits per heavy atom. The van der Waals surface area contributed by atoms with Crippen molar-refractivity contribution in [2.75, 3.05) is 19.0 Å². The molecule has 0 amide bonds. The summed E-state index contributed by atoms with van der Waals surface area (Å²) in [6.45, 7) is 1.97. The van der Waals surface area contributed by atoms with E-state index >= 15 is 0 Å². The highest BCUT2D eigenvalue weighted by molar-refractivity contribution is 5.81. The van der Waals surface area contributed by atoms with Gasteiger partial charge in [0.25, 0.3) is 0 Å². The molecule has 3 atom stereocenters. The van der Waals surface area contributed by atoms with Crippen LogP contribution in [0.25, 0.3) is 0 Å². The van der Waals surface area contributed by atoms with Gasteiger partial charge in [0.1, 0.15) is 12.0 Å². The summed E-state index contributed by atoms with van der Waals surface area (Å²) in [5.74, 6) is 0.891. The normalized spacial score (nSPS) is 28.6. The van der Waals surface area contributed by atoms with Gasteiger partial charge in [0.05, 0.1) is 13.2 Å². The number of aldehydes is 1. The van der Waals surface area contributed by atoms with Crippen LogP contribution >= 0.6 is 0 Å². The number of nitrogens with one attached hydrogen (secondary N) is 1. The maximum Gasteiger partial charge on any atom is 0.147 e. The van der Waals surface area contributed by atoms with E-state index in [1.54, 1.807) is 7.11 Å². The number of hydrogen-bond donors (Lipinski definition) is 1. The SMILES string of the molecule is COc1ccc(CN2CC[C@]34c5ccccc5N[C@H]3C(C=O)=CC[C@H]24)cc1. The van der Waals surface area contributed by atoms with Gasteiger partial charge in [-0.25, -0.2) is 0 Å². The first-order valence-electron chi connectivity index (χ1n) is 9.64. The van der Waals surface area contributed by atoms with Crippen LogP contribution in [0, 0.1) is 0 Å². The summed E-state index contributed by atoms with van der Waals surface area (Å²) >= 11 is 0. The predicted molar refractivity (Wildman–Crippen MR) is 106 cm³/mol. The van der Waals surface area contributed by atoms with E-state index in [0.717, 1.165) is 43.5 Å². The molecule has 1 spiro atoms. The van der Waals surface area contributed by atoms with Gasteiger partial charge in [0, 0.05) is 29.3 Å². The van der Waals surface area contributed by atoms with Crippen molar-refractivity contribution in [1.82, 2.24) is 4.90 Å². The Morgan fingerprint density at radius 3 is 2.81 bits per heavy atom. The second-order valence-corrected chi connectivity index (χ2v) is 7.81. The fourth-order valence-corrected chi connectivity index (χ4v) is 5.46. The van der Waals surface area contributed by atoms with E-state index in [4.69, 9.17) is 4.74 Å². The zero-order chi connectivity index (χ0) is 18.4. The van der Waals surface area contributed by atoms with Crippen molar-refractivity contribution >= 4 is 12.0 Å². The molecule has 2 aliphatic heterocycles. The minimum atomic E-state index is -0.00590. The van der Waals surface area contributed by atoms with Crippen LogP contribution in [0.5, 0.6) is 5.75 Å². The van der Waals surface area contributed by atoms with Crippen molar-refractivity contribution in [3.8, 4) is 5.75 Å². The van der Waals surface area contributed by atoms with Crippen molar-refractivity contribution in [1.29, 1.82) is 0 Å². The molecule has 2 heterocycles. The van der Waals surface area contributed by atoms with Crippen LogP contribution in [-0.2, 0) is 16.8 Å². The third-order valence-electron chi connectivity index (χ3n) is 6.68. The van der Waals surface area contributed by atoms with E-state index in [2.05, 4.69) is 52.7 Å². The molecule has 2 aromatic carbocycles. The second-order valence-electron chi connectivity index (χ2n) is 7.81. The largest absolute Gasteiger partial charge is 0.497 e. The van der Waals surface area contributed by atoms with Gasteiger partial charge in [-0.1, -0.05) is 36.4 Å². The first kappa shape index (κ1) is 16.6. The number of carbonyl (C=O) groups is 1. The van der Waals surface area contributed by atoms with E-state index in [1.165, 1.54) is 16.8 Å². The minimum Gasteiger partial charge on any atom is -0.497 e. The molecule has 27 heavy (non-hydrogen) atoms. The molecule has 1 fully saturated rings. The highest BCUT2D eigenvalue weighted by Crippen LogP contribution is 2.55. The number of anilines is 1. The van der Waals surface area contributed by atoms with Crippen LogP contribution in [0.3, 0.4) is 0 Å². The quantitative estimate of drug-likeness (QED) is 0.847. The Labute approximate surface area is 159 Å². The molecule has 1 N–H and O–H groups in total. The van der Waals surface area contributed by atoms with Gasteiger partial charge in [-0.15, -0.1) is 0 Å². The predicted octanol–water partition coefficient (Wildman–Crippen LogP) is 3.53. The van der Waals surface area contributed by atoms with E-state index in [0.29, 0.717) is 6.04 Å². The van der Waals surface area contributed by atoms with Gasteiger partial charge in [0.2, 0.25) is 0 Å². The van der Waals surface area contributed by atoms with Crippen molar-refractivity contribution in [3.05, 3.63) is 71.3 Å². The molecular formula is C23H24N2O2. The van der Waals surface area contributed by atoms with Gasteiger partial charge in [-0.05, 0) is 48.7 Å². The van der Waals surface area contributed by atoms with Crippen LogP contribution in [0.1, 0.15) is 24.0 Å². The third-order valence-corrected chi connectivity index (χ3v) is 6.68. The Hall–Kier alpha value is -2.59. The summed E-state index contributed by atoms with van der Waals surface area (Å²) in [5.41, 5.74) is 4.77. The molecule has 138 valence electrons. The molecule has 0 aromatic heterocycles. The molecule has 2 aromatic rings. The number of likely N-dealkylation sites (tertiary alicyclic amines) is 1. The van der Waals surface area contributed by atoms with Crippen LogP contribution in [0.4, 0.5) is 5.69 Å². The first-order valence-corrected chi connectivity index (χ1v) is 9.64. The fraction of sp³-hybridized carbons (Fsp3) is 0.348. The maximum atomic E-state index is 11.7. The Morgan fingerprint density at radius 1 is 1.22 bits per heavy atom. The number of hydrogen-bond acceptors (Lipinski definition) is 4. The lowest BCUT2D eigenvalue weighted by molar-refractivity contribution is -0.105. The smallest absolute Gasteiger partial charge is 0.147 e. The molecule has 0 radical (unpaired) electrons. The average molecular weight is 360 g/mol. The summed E-state index contributed by atoms with van der Waals surface area (Å²) in [6.07, 6.45) is 5.20. The van der Waals surface area contributed by atoms with E-state index in [-0.39, 0.29) is 11.5 Å². The number of ether oxygens (including phenoxy) is 1. The number of para-hydroxylation sites is 1. The summed E-state index contributed by atoms with van der Waals surface area (Å²) in [6, 6.07) is 17.5. The van der Waals surface area contributed by atoms with Gasteiger partial charge in [-0.2, -0.15) is 0 Å². The average Bonchev–Trinajstić information content (AvgIpc) is 3.25. The molecule has 5 rings (SSSR count). The minimum absolute atomic E-state index is 0.00590. The van der Waals surface area contributed by atoms with Gasteiger partial charge in [-0.3, -0.25) is 9.69 Å². The van der Waals surface area contributed by atoms with Gasteiger partial charge >= 0.3 is 0 Å². The number of nitrogens with zero attached hydrogens (tertiary/aromatic N) is 1. The molecule has 1 saturated heterocycles. The lowest BCUT2D eigenvalue weighted by atomic mass is 9.65. The van der Waals surface area contributed by atoms with E-state index < -0.39 is 0 Å². The molecule has 3 aliphatic rings. The van der Waals surface area contributed by atoms with Crippen molar-refractivity contribution in [3.63, 3.8) is 0 Å². The lowest BCUT2D eigenvalue weighted by Gasteiger charge is -2.43. The highest BCUT2D eigenvalue weighted by atomic mass is 16.5. The second kappa shape index (κ2) is 6.24. The number of carbonyl (C=O) groups excluding carboxylic acids is 1. The Balaban J connectivity index is 1.51. The monoisotopic (exact) mass is 360 g/mol. The van der Waals surface area contributed by atoms with Crippen molar-refractivity contribution in [2.45, 2.75) is 36.9 Å². The van der Waals surface area contributed by atoms with Gasteiger partial charge in [0.15, 0.2) is 0 Å². The topological polar surface area (TPSA) is 41.6 Å². The molecule has 0 bridgehead atoms. The summed E-state index contributed by atoms with van der Waals surface area (Å²) < 4.78 is 5.28. The fourth-order valence-electron chi connectivity index (χ4n) is 5.46. The van der Waals surface area contributed by atoms with E-state index in [9.17, 15) is 4.79 Å². The first-order chi connectivity index (χ1) is 13.3. The Bertz CT molecular complexity index is 905. The molecular weight excluding hydrogens is 336 g/mol.